The molecule has 0 aromatic rings. The van der Waals surface area contributed by atoms with Crippen LogP contribution in [0.1, 0.15) is 188 Å². The predicted molar refractivity (Wildman–Crippen MR) is 329 cm³/mol. The molecule has 2 saturated heterocycles. The number of methoxy groups -OCH3 is 4. The molecule has 3 N–H and O–H groups in total. The maximum atomic E-state index is 15.4. The van der Waals surface area contributed by atoms with Crippen molar-refractivity contribution in [2.24, 2.45) is 29.6 Å². The van der Waals surface area contributed by atoms with Crippen molar-refractivity contribution in [1.82, 2.24) is 5.32 Å². The van der Waals surface area contributed by atoms with Crippen molar-refractivity contribution >= 4 is 37.3 Å². The van der Waals surface area contributed by atoms with Crippen molar-refractivity contribution in [2.75, 3.05) is 28.4 Å². The number of aliphatic hydroxyl groups is 2. The van der Waals surface area contributed by atoms with Gasteiger partial charge in [-0.1, -0.05) is 122 Å². The molecular formula is C63H117NO14Si3. The van der Waals surface area contributed by atoms with E-state index in [0.29, 0.717) is 25.7 Å². The van der Waals surface area contributed by atoms with Gasteiger partial charge in [-0.05, 0) is 148 Å². The van der Waals surface area contributed by atoms with Crippen molar-refractivity contribution in [2.45, 2.75) is 295 Å². The lowest BCUT2D eigenvalue weighted by molar-refractivity contribution is -0.345. The summed E-state index contributed by atoms with van der Waals surface area (Å²) in [6, 6.07) is -1.23. The van der Waals surface area contributed by atoms with Crippen LogP contribution in [0.4, 0.5) is 0 Å². The Morgan fingerprint density at radius 3 is 1.94 bits per heavy atom. The standard InChI is InChI=1S/C63H117NO14Si3/c1-24-49-33-43(10)32-44(11)34-55(71-20)58-56(72-21)36-46(13)63(68,74-58)59(65)60(66)64-50(28-26-25-27-31-69-18)61(67)73-57(45(12)35-48-29-30-51(54(37-48)70-19)75-79(22,23)62(15,16)17)47(14)52-38-53(49)77-81(41(6)7,42(8)9)78-80(76-52,39(2)3)40(4)5/h27,31,33,35,39-42,44,46-59,65,68H,24-26,28-30,32,34,36-38H2,1-23H3,(H,64,66)/b31-27+,43-33+,45-35+/t44-,46+,47+,48-,49+,50-,51+,52+,53-,54+,55?,56-,57+,58+,59?,63+/m0/s1. The van der Waals surface area contributed by atoms with Gasteiger partial charge >= 0.3 is 23.1 Å². The average molecular weight is 1200 g/mol. The van der Waals surface area contributed by atoms with Gasteiger partial charge in [0.1, 0.15) is 18.2 Å². The van der Waals surface area contributed by atoms with E-state index in [9.17, 15) is 15.0 Å². The number of allylic oxidation sites excluding steroid dienone is 3. The number of hydrogen-bond donors (Lipinski definition) is 3. The summed E-state index contributed by atoms with van der Waals surface area (Å²) in [5, 5.41) is 27.5. The molecule has 0 radical (unpaired) electrons. The number of aliphatic hydroxyl groups excluding tert-OH is 1. The highest BCUT2D eigenvalue weighted by Crippen LogP contribution is 2.50. The number of carbonyl (C=O) groups excluding carboxylic acids is 2. The van der Waals surface area contributed by atoms with Gasteiger partial charge in [-0.2, -0.15) is 0 Å². The first-order valence-corrected chi connectivity index (χ1v) is 38.0. The molecule has 0 spiro atoms. The highest BCUT2D eigenvalue weighted by Gasteiger charge is 2.61. The third kappa shape index (κ3) is 17.5. The summed E-state index contributed by atoms with van der Waals surface area (Å²) in [6.07, 6.45) is 8.81. The van der Waals surface area contributed by atoms with E-state index in [0.717, 1.165) is 37.7 Å². The molecular weight excluding hydrogens is 1080 g/mol. The van der Waals surface area contributed by atoms with Gasteiger partial charge < -0.3 is 61.3 Å². The minimum absolute atomic E-state index is 0.0142. The van der Waals surface area contributed by atoms with Gasteiger partial charge in [0.2, 0.25) is 5.79 Å². The molecule has 1 amide bonds. The Kier molecular flexibility index (Phi) is 27.2. The number of hydrogen-bond acceptors (Lipinski definition) is 14. The molecule has 0 aromatic heterocycles. The van der Waals surface area contributed by atoms with Crippen molar-refractivity contribution in [1.29, 1.82) is 0 Å². The molecule has 0 aromatic carbocycles. The summed E-state index contributed by atoms with van der Waals surface area (Å²) < 4.78 is 68.0. The maximum absolute atomic E-state index is 15.4. The topological polar surface area (TPSA) is 179 Å². The van der Waals surface area contributed by atoms with Crippen LogP contribution >= 0.6 is 0 Å². The number of esters is 1. The molecule has 3 aliphatic heterocycles. The molecule has 3 fully saturated rings. The molecule has 4 rings (SSSR count). The van der Waals surface area contributed by atoms with Gasteiger partial charge in [-0.25, -0.2) is 4.79 Å². The minimum Gasteiger partial charge on any atom is -0.505 e. The summed E-state index contributed by atoms with van der Waals surface area (Å²) in [4.78, 5) is 30.1. The molecule has 16 atom stereocenters. The number of carbonyl (C=O) groups is 2. The van der Waals surface area contributed by atoms with E-state index in [1.165, 1.54) is 5.57 Å². The van der Waals surface area contributed by atoms with Gasteiger partial charge in [0.05, 0.1) is 50.0 Å². The first kappa shape index (κ1) is 71.7. The van der Waals surface area contributed by atoms with Crippen LogP contribution < -0.4 is 5.32 Å². The monoisotopic (exact) mass is 1200 g/mol. The predicted octanol–water partition coefficient (Wildman–Crippen LogP) is 13.1. The number of amides is 1. The summed E-state index contributed by atoms with van der Waals surface area (Å²) in [5.41, 5.74) is 2.40. The zero-order valence-corrected chi connectivity index (χ0v) is 57.9. The third-order valence-corrected chi connectivity index (χ3v) is 34.1. The smallest absolute Gasteiger partial charge is 0.334 e. The first-order chi connectivity index (χ1) is 37.7. The first-order valence-electron chi connectivity index (χ1n) is 31.2. The Labute approximate surface area is 495 Å². The van der Waals surface area contributed by atoms with Crippen LogP contribution in [0.3, 0.4) is 0 Å². The lowest BCUT2D eigenvalue weighted by Gasteiger charge is -2.54. The summed E-state index contributed by atoms with van der Waals surface area (Å²) in [5.74, 6) is -5.00. The van der Waals surface area contributed by atoms with Crippen LogP contribution in [0, 0.1) is 29.6 Å². The molecule has 2 unspecified atom stereocenters. The Bertz CT molecular complexity index is 2040. The van der Waals surface area contributed by atoms with Crippen molar-refractivity contribution in [3.8, 4) is 0 Å². The van der Waals surface area contributed by atoms with Crippen LogP contribution in [0.25, 0.3) is 0 Å². The third-order valence-electron chi connectivity index (χ3n) is 19.3. The molecule has 18 heteroatoms. The number of cyclic esters (lactones) is 1. The van der Waals surface area contributed by atoms with E-state index in [-0.39, 0.29) is 76.1 Å². The van der Waals surface area contributed by atoms with Crippen LogP contribution in [-0.2, 0) is 55.4 Å². The SMILES string of the molecule is CC[C@@H]1/C=C(\C)C[C@H](C)CC(OC)[C@H]2O[C@@](O)(C(O)C(=O)N[C@@H](CCC/C=C/OC)C(=O)O[C@H](/C(C)=C/[C@@H]3CC[C@@H](O[Si](C)(C)C(C)(C)C)[C@H](OC)C3)[C@H](C)[C@H]3C[C@@H]1O[Si](C(C)C)(C(C)C)O[Si](C(C)C)(C(C)C)O3)[C@H](C)C[C@@H]2OC. The normalized spacial score (nSPS) is 36.4. The molecule has 1 aliphatic carbocycles. The molecule has 81 heavy (non-hydrogen) atoms. The zero-order chi connectivity index (χ0) is 61.2. The quantitative estimate of drug-likeness (QED) is 0.0412. The van der Waals surface area contributed by atoms with Crippen molar-refractivity contribution < 1.29 is 65.6 Å². The molecule has 470 valence electrons. The van der Waals surface area contributed by atoms with E-state index >= 15 is 4.79 Å². The number of ether oxygens (including phenoxy) is 6. The van der Waals surface area contributed by atoms with E-state index in [2.05, 4.69) is 141 Å². The van der Waals surface area contributed by atoms with Crippen LogP contribution in [0.2, 0.25) is 40.3 Å². The molecule has 4 aliphatic rings. The minimum atomic E-state index is -3.21. The van der Waals surface area contributed by atoms with Gasteiger partial charge in [-0.3, -0.25) is 4.79 Å². The molecule has 1 saturated carbocycles. The number of unbranched alkanes of at least 4 members (excludes halogenated alkanes) is 1. The van der Waals surface area contributed by atoms with E-state index in [1.54, 1.807) is 41.6 Å². The van der Waals surface area contributed by atoms with Gasteiger partial charge in [0, 0.05) is 39.1 Å². The average Bonchev–Trinajstić information content (AvgIpc) is 3.44. The molecule has 3 heterocycles. The lowest BCUT2D eigenvalue weighted by Crippen LogP contribution is -2.66. The van der Waals surface area contributed by atoms with Gasteiger partial charge in [-0.15, -0.1) is 0 Å². The summed E-state index contributed by atoms with van der Waals surface area (Å²) >= 11 is 0. The van der Waals surface area contributed by atoms with E-state index < -0.39 is 97.6 Å². The number of rotatable bonds is 17. The molecule has 15 nitrogen and oxygen atoms in total. The Balaban J connectivity index is 2.03. The summed E-state index contributed by atoms with van der Waals surface area (Å²) in [6.45, 7) is 41.9. The fourth-order valence-electron chi connectivity index (χ4n) is 13.3. The fraction of sp³-hybridized carbons (Fsp3) is 0.873. The Morgan fingerprint density at radius 2 is 1.41 bits per heavy atom. The second-order valence-electron chi connectivity index (χ2n) is 27.8. The largest absolute Gasteiger partial charge is 0.505 e. The molecule has 4 bridgehead atoms. The highest BCUT2D eigenvalue weighted by atomic mass is 28.5. The summed E-state index contributed by atoms with van der Waals surface area (Å²) in [7, 11) is -1.85. The maximum Gasteiger partial charge on any atom is 0.334 e. The van der Waals surface area contributed by atoms with Gasteiger partial charge in [0.25, 0.3) is 5.91 Å². The van der Waals surface area contributed by atoms with Crippen molar-refractivity contribution in [3.05, 3.63) is 35.6 Å². The Hall–Kier alpha value is -1.79. The lowest BCUT2D eigenvalue weighted by atomic mass is 9.81. The van der Waals surface area contributed by atoms with Gasteiger partial charge in [0.15, 0.2) is 14.4 Å². The van der Waals surface area contributed by atoms with E-state index in [1.807, 2.05) is 6.08 Å². The highest BCUT2D eigenvalue weighted by molar-refractivity contribution is 6.84. The van der Waals surface area contributed by atoms with Crippen LogP contribution in [0.15, 0.2) is 35.6 Å². The van der Waals surface area contributed by atoms with E-state index in [4.69, 9.17) is 45.8 Å². The second kappa shape index (κ2) is 30.7. The number of fused-ring (bicyclic) bond motifs is 4. The van der Waals surface area contributed by atoms with Crippen molar-refractivity contribution in [3.63, 3.8) is 0 Å². The van der Waals surface area contributed by atoms with Crippen LogP contribution in [0.5, 0.6) is 0 Å². The second-order valence-corrected chi connectivity index (χ2v) is 41.3. The zero-order valence-electron chi connectivity index (χ0n) is 54.9. The number of nitrogens with one attached hydrogen (secondary N) is 1. The fourth-order valence-corrected chi connectivity index (χ4v) is 26.1. The Morgan fingerprint density at radius 1 is 0.840 bits per heavy atom. The van der Waals surface area contributed by atoms with Crippen LogP contribution in [-0.4, -0.2) is 143 Å².